The minimum atomic E-state index is -0.965. The van der Waals surface area contributed by atoms with Gasteiger partial charge < -0.3 is 10.6 Å². The first-order valence-electron chi connectivity index (χ1n) is 8.57. The SMILES string of the molecule is CC(N)(C(=O)N1CCCC(N2CCCC2)C1)c1ccc(Br)cc1.Cl.Cl. The predicted molar refractivity (Wildman–Crippen MR) is 111 cm³/mol. The Morgan fingerprint density at radius 1 is 1.12 bits per heavy atom. The molecule has 1 aromatic carbocycles. The quantitative estimate of drug-likeness (QED) is 0.762. The molecule has 2 unspecified atom stereocenters. The van der Waals surface area contributed by atoms with Gasteiger partial charge in [0.15, 0.2) is 0 Å². The first kappa shape index (κ1) is 22.7. The number of hydrogen-bond donors (Lipinski definition) is 1. The lowest BCUT2D eigenvalue weighted by molar-refractivity contribution is -0.138. The van der Waals surface area contributed by atoms with Crippen LogP contribution in [0.15, 0.2) is 28.7 Å². The fraction of sp³-hybridized carbons (Fsp3) is 0.611. The number of carbonyl (C=O) groups is 1. The van der Waals surface area contributed by atoms with Crippen LogP contribution in [0.5, 0.6) is 0 Å². The molecule has 0 radical (unpaired) electrons. The summed E-state index contributed by atoms with van der Waals surface area (Å²) in [6.45, 7) is 5.84. The number of nitrogens with zero attached hydrogens (tertiary/aromatic N) is 2. The van der Waals surface area contributed by atoms with E-state index in [4.69, 9.17) is 5.73 Å². The van der Waals surface area contributed by atoms with E-state index in [-0.39, 0.29) is 30.7 Å². The molecule has 2 saturated heterocycles. The lowest BCUT2D eigenvalue weighted by atomic mass is 9.90. The van der Waals surface area contributed by atoms with E-state index < -0.39 is 5.54 Å². The van der Waals surface area contributed by atoms with Crippen LogP contribution in [0.3, 0.4) is 0 Å². The second-order valence-corrected chi connectivity index (χ2v) is 7.92. The van der Waals surface area contributed by atoms with Crippen LogP contribution in [0, 0.1) is 0 Å². The number of piperidine rings is 1. The molecule has 2 aliphatic rings. The summed E-state index contributed by atoms with van der Waals surface area (Å²) in [5.41, 5.74) is 6.35. The van der Waals surface area contributed by atoms with Crippen molar-refractivity contribution >= 4 is 46.7 Å². The zero-order valence-corrected chi connectivity index (χ0v) is 17.8. The Hall–Kier alpha value is -0.330. The summed E-state index contributed by atoms with van der Waals surface area (Å²) in [5, 5.41) is 0. The number of likely N-dealkylation sites (tertiary alicyclic amines) is 2. The van der Waals surface area contributed by atoms with Crippen molar-refractivity contribution in [3.8, 4) is 0 Å². The van der Waals surface area contributed by atoms with Crippen LogP contribution < -0.4 is 5.73 Å². The van der Waals surface area contributed by atoms with Gasteiger partial charge in [0.05, 0.1) is 0 Å². The van der Waals surface area contributed by atoms with Crippen molar-refractivity contribution in [2.45, 2.75) is 44.2 Å². The van der Waals surface area contributed by atoms with Crippen molar-refractivity contribution in [3.63, 3.8) is 0 Å². The van der Waals surface area contributed by atoms with E-state index in [2.05, 4.69) is 20.8 Å². The second kappa shape index (κ2) is 9.56. The summed E-state index contributed by atoms with van der Waals surface area (Å²) in [6, 6.07) is 8.26. The monoisotopic (exact) mass is 451 g/mol. The minimum absolute atomic E-state index is 0. The molecular formula is C18H28BrCl2N3O. The van der Waals surface area contributed by atoms with E-state index in [0.717, 1.165) is 29.5 Å². The Morgan fingerprint density at radius 3 is 2.32 bits per heavy atom. The molecule has 142 valence electrons. The number of nitrogens with two attached hydrogens (primary N) is 1. The third-order valence-corrected chi connectivity index (χ3v) is 5.76. The molecule has 7 heteroatoms. The maximum Gasteiger partial charge on any atom is 0.247 e. The molecule has 1 aromatic rings. The molecule has 0 aliphatic carbocycles. The molecule has 0 saturated carbocycles. The third-order valence-electron chi connectivity index (χ3n) is 5.23. The van der Waals surface area contributed by atoms with Crippen LogP contribution >= 0.6 is 40.7 Å². The van der Waals surface area contributed by atoms with Crippen LogP contribution in [-0.2, 0) is 10.3 Å². The van der Waals surface area contributed by atoms with Crippen LogP contribution in [0.4, 0.5) is 0 Å². The zero-order valence-electron chi connectivity index (χ0n) is 14.6. The fourth-order valence-corrected chi connectivity index (χ4v) is 4.06. The molecule has 1 amide bonds. The van der Waals surface area contributed by atoms with E-state index in [1.54, 1.807) is 0 Å². The van der Waals surface area contributed by atoms with Crippen LogP contribution in [0.2, 0.25) is 0 Å². The predicted octanol–water partition coefficient (Wildman–Crippen LogP) is 3.55. The molecule has 0 bridgehead atoms. The summed E-state index contributed by atoms with van der Waals surface area (Å²) in [6.07, 6.45) is 4.85. The molecule has 2 fully saturated rings. The van der Waals surface area contributed by atoms with Gasteiger partial charge in [-0.3, -0.25) is 9.69 Å². The summed E-state index contributed by atoms with van der Waals surface area (Å²) < 4.78 is 0.997. The van der Waals surface area contributed by atoms with Gasteiger partial charge in [0.2, 0.25) is 5.91 Å². The summed E-state index contributed by atoms with van der Waals surface area (Å²) in [7, 11) is 0. The number of rotatable bonds is 3. The highest BCUT2D eigenvalue weighted by Gasteiger charge is 2.37. The normalized spacial score (nSPS) is 23.3. The van der Waals surface area contributed by atoms with Crippen molar-refractivity contribution in [2.24, 2.45) is 5.73 Å². The van der Waals surface area contributed by atoms with Gasteiger partial charge in [0.25, 0.3) is 0 Å². The van der Waals surface area contributed by atoms with E-state index >= 15 is 0 Å². The van der Waals surface area contributed by atoms with Crippen LogP contribution in [-0.4, -0.2) is 47.9 Å². The van der Waals surface area contributed by atoms with Crippen molar-refractivity contribution in [1.82, 2.24) is 9.80 Å². The molecule has 25 heavy (non-hydrogen) atoms. The van der Waals surface area contributed by atoms with Gasteiger partial charge in [-0.2, -0.15) is 0 Å². The molecule has 4 nitrogen and oxygen atoms in total. The maximum atomic E-state index is 13.0. The van der Waals surface area contributed by atoms with Crippen molar-refractivity contribution in [1.29, 1.82) is 0 Å². The average molecular weight is 453 g/mol. The number of carbonyl (C=O) groups excluding carboxylic acids is 1. The van der Waals surface area contributed by atoms with E-state index in [1.165, 1.54) is 32.4 Å². The Bertz CT molecular complexity index is 562. The Balaban J connectivity index is 0.00000156. The van der Waals surface area contributed by atoms with Gasteiger partial charge in [0.1, 0.15) is 5.54 Å². The van der Waals surface area contributed by atoms with Crippen LogP contribution in [0.1, 0.15) is 38.2 Å². The molecule has 2 N–H and O–H groups in total. The Kier molecular flexibility index (Phi) is 8.69. The maximum absolute atomic E-state index is 13.0. The number of amides is 1. The lowest BCUT2D eigenvalue weighted by Gasteiger charge is -2.40. The highest BCUT2D eigenvalue weighted by atomic mass is 79.9. The van der Waals surface area contributed by atoms with E-state index in [1.807, 2.05) is 36.1 Å². The van der Waals surface area contributed by atoms with Gasteiger partial charge in [-0.15, -0.1) is 24.8 Å². The van der Waals surface area contributed by atoms with Crippen molar-refractivity contribution in [2.75, 3.05) is 26.2 Å². The Labute approximate surface area is 171 Å². The van der Waals surface area contributed by atoms with Crippen molar-refractivity contribution < 1.29 is 4.79 Å². The Morgan fingerprint density at radius 2 is 1.72 bits per heavy atom. The first-order chi connectivity index (χ1) is 11.0. The first-order valence-corrected chi connectivity index (χ1v) is 9.36. The minimum Gasteiger partial charge on any atom is -0.339 e. The van der Waals surface area contributed by atoms with Crippen molar-refractivity contribution in [3.05, 3.63) is 34.3 Å². The van der Waals surface area contributed by atoms with E-state index in [9.17, 15) is 4.79 Å². The average Bonchev–Trinajstić information content (AvgIpc) is 3.09. The highest BCUT2D eigenvalue weighted by molar-refractivity contribution is 9.10. The molecule has 2 atom stereocenters. The van der Waals surface area contributed by atoms with Gasteiger partial charge >= 0.3 is 0 Å². The fourth-order valence-electron chi connectivity index (χ4n) is 3.79. The van der Waals surface area contributed by atoms with Gasteiger partial charge in [-0.05, 0) is 63.4 Å². The zero-order chi connectivity index (χ0) is 16.4. The number of benzene rings is 1. The van der Waals surface area contributed by atoms with Gasteiger partial charge in [-0.1, -0.05) is 28.1 Å². The molecule has 2 aliphatic heterocycles. The van der Waals surface area contributed by atoms with E-state index in [0.29, 0.717) is 6.04 Å². The largest absolute Gasteiger partial charge is 0.339 e. The lowest BCUT2D eigenvalue weighted by Crippen LogP contribution is -2.56. The highest BCUT2D eigenvalue weighted by Crippen LogP contribution is 2.26. The second-order valence-electron chi connectivity index (χ2n) is 7.00. The summed E-state index contributed by atoms with van der Waals surface area (Å²) >= 11 is 3.43. The molecule has 2 heterocycles. The number of hydrogen-bond acceptors (Lipinski definition) is 3. The summed E-state index contributed by atoms with van der Waals surface area (Å²) in [4.78, 5) is 17.6. The summed E-state index contributed by atoms with van der Waals surface area (Å²) in [5.74, 6) is 0.0451. The van der Waals surface area contributed by atoms with Gasteiger partial charge in [0, 0.05) is 23.6 Å². The smallest absolute Gasteiger partial charge is 0.247 e. The standard InChI is InChI=1S/C18H26BrN3O.2ClH/c1-18(20,14-6-8-15(19)9-7-14)17(23)22-12-4-5-16(13-22)21-10-2-3-11-21;;/h6-9,16H,2-5,10-13,20H2,1H3;2*1H. The van der Waals surface area contributed by atoms with Crippen LogP contribution in [0.25, 0.3) is 0 Å². The number of halogens is 3. The molecule has 0 spiro atoms. The topological polar surface area (TPSA) is 49.6 Å². The molecular weight excluding hydrogens is 425 g/mol. The third kappa shape index (κ3) is 5.10. The van der Waals surface area contributed by atoms with Gasteiger partial charge in [-0.25, -0.2) is 0 Å². The molecule has 3 rings (SSSR count). The molecule has 0 aromatic heterocycles.